The van der Waals surface area contributed by atoms with Crippen LogP contribution in [0.2, 0.25) is 0 Å². The van der Waals surface area contributed by atoms with E-state index in [1.807, 2.05) is 6.20 Å². The predicted octanol–water partition coefficient (Wildman–Crippen LogP) is 2.08. The summed E-state index contributed by atoms with van der Waals surface area (Å²) in [6.45, 7) is 9.98. The van der Waals surface area contributed by atoms with Gasteiger partial charge in [0, 0.05) is 31.0 Å². The molecule has 0 unspecified atom stereocenters. The Balaban J connectivity index is 1.78. The van der Waals surface area contributed by atoms with Gasteiger partial charge in [0.25, 0.3) is 0 Å². The van der Waals surface area contributed by atoms with Gasteiger partial charge >= 0.3 is 0 Å². The highest BCUT2D eigenvalue weighted by atomic mass is 15.2. The molecule has 1 aliphatic heterocycles. The second-order valence-electron chi connectivity index (χ2n) is 6.12. The summed E-state index contributed by atoms with van der Waals surface area (Å²) in [7, 11) is 0. The Kier molecular flexibility index (Phi) is 4.17. The highest BCUT2D eigenvalue weighted by Gasteiger charge is 2.21. The highest BCUT2D eigenvalue weighted by molar-refractivity contribution is 5.35. The molecular formula is C14H24N4. The van der Waals surface area contributed by atoms with Crippen molar-refractivity contribution in [3.63, 3.8) is 0 Å². The Morgan fingerprint density at radius 3 is 2.56 bits per heavy atom. The Hall–Kier alpha value is -1.16. The summed E-state index contributed by atoms with van der Waals surface area (Å²) in [6, 6.07) is 0. The van der Waals surface area contributed by atoms with E-state index in [9.17, 15) is 0 Å². The summed E-state index contributed by atoms with van der Waals surface area (Å²) in [4.78, 5) is 10.8. The largest absolute Gasteiger partial charge is 0.355 e. The van der Waals surface area contributed by atoms with Crippen molar-refractivity contribution >= 4 is 5.82 Å². The average Bonchev–Trinajstić information content (AvgIpc) is 2.37. The number of piperidine rings is 1. The number of hydrogen-bond acceptors (Lipinski definition) is 4. The summed E-state index contributed by atoms with van der Waals surface area (Å²) in [5.41, 5.74) is 0.224. The van der Waals surface area contributed by atoms with Crippen LogP contribution >= 0.6 is 0 Å². The second kappa shape index (κ2) is 5.65. The van der Waals surface area contributed by atoms with E-state index < -0.39 is 0 Å². The molecule has 100 valence electrons. The third-order valence-electron chi connectivity index (χ3n) is 3.41. The molecule has 0 radical (unpaired) electrons. The van der Waals surface area contributed by atoms with Gasteiger partial charge in [-0.15, -0.1) is 0 Å². The van der Waals surface area contributed by atoms with E-state index in [4.69, 9.17) is 0 Å². The Bertz CT molecular complexity index is 350. The number of rotatable bonds is 3. The first-order chi connectivity index (χ1) is 8.54. The van der Waals surface area contributed by atoms with Crippen LogP contribution in [0.3, 0.4) is 0 Å². The normalized spacial score (nSPS) is 18.1. The molecule has 1 N–H and O–H groups in total. The lowest BCUT2D eigenvalue weighted by molar-refractivity contribution is 0.328. The predicted molar refractivity (Wildman–Crippen MR) is 74.7 cm³/mol. The first-order valence-corrected chi connectivity index (χ1v) is 6.80. The average molecular weight is 248 g/mol. The maximum absolute atomic E-state index is 4.36. The molecular weight excluding hydrogens is 224 g/mol. The first kappa shape index (κ1) is 13.3. The van der Waals surface area contributed by atoms with Crippen LogP contribution in [0.1, 0.15) is 33.6 Å². The van der Waals surface area contributed by atoms with E-state index in [0.29, 0.717) is 0 Å². The molecule has 0 aromatic carbocycles. The van der Waals surface area contributed by atoms with Crippen molar-refractivity contribution in [1.29, 1.82) is 0 Å². The Morgan fingerprint density at radius 2 is 2.00 bits per heavy atom. The van der Waals surface area contributed by atoms with Crippen LogP contribution in [-0.4, -0.2) is 35.1 Å². The summed E-state index contributed by atoms with van der Waals surface area (Å²) in [6.07, 6.45) is 7.82. The number of nitrogens with one attached hydrogen (secondary N) is 1. The fraction of sp³-hybridized carbons (Fsp3) is 0.714. The van der Waals surface area contributed by atoms with E-state index in [1.54, 1.807) is 12.4 Å². The van der Waals surface area contributed by atoms with Gasteiger partial charge in [-0.05, 0) is 46.1 Å². The molecule has 0 amide bonds. The molecule has 0 saturated carbocycles. The molecule has 0 atom stereocenters. The summed E-state index contributed by atoms with van der Waals surface area (Å²) < 4.78 is 0. The number of aromatic nitrogens is 2. The molecule has 2 rings (SSSR count). The van der Waals surface area contributed by atoms with Crippen molar-refractivity contribution in [3.8, 4) is 0 Å². The van der Waals surface area contributed by atoms with Crippen molar-refractivity contribution in [2.75, 3.05) is 24.5 Å². The minimum Gasteiger partial charge on any atom is -0.355 e. The zero-order valence-electron chi connectivity index (χ0n) is 11.7. The summed E-state index contributed by atoms with van der Waals surface area (Å²) in [5, 5.41) is 3.60. The van der Waals surface area contributed by atoms with Crippen LogP contribution in [0.4, 0.5) is 5.82 Å². The van der Waals surface area contributed by atoms with Gasteiger partial charge in [-0.1, -0.05) is 0 Å². The van der Waals surface area contributed by atoms with E-state index in [2.05, 4.69) is 41.0 Å². The van der Waals surface area contributed by atoms with E-state index in [1.165, 1.54) is 12.8 Å². The molecule has 0 aliphatic carbocycles. The van der Waals surface area contributed by atoms with Crippen molar-refractivity contribution in [2.24, 2.45) is 5.92 Å². The van der Waals surface area contributed by atoms with Crippen molar-refractivity contribution < 1.29 is 0 Å². The van der Waals surface area contributed by atoms with Gasteiger partial charge in [-0.2, -0.15) is 0 Å². The zero-order chi connectivity index (χ0) is 13.0. The van der Waals surface area contributed by atoms with Crippen LogP contribution < -0.4 is 10.2 Å². The lowest BCUT2D eigenvalue weighted by Crippen LogP contribution is -2.43. The monoisotopic (exact) mass is 248 g/mol. The minimum absolute atomic E-state index is 0.224. The molecule has 1 aromatic rings. The van der Waals surface area contributed by atoms with Crippen LogP contribution in [0.15, 0.2) is 18.6 Å². The van der Waals surface area contributed by atoms with Gasteiger partial charge in [-0.25, -0.2) is 4.98 Å². The molecule has 18 heavy (non-hydrogen) atoms. The maximum atomic E-state index is 4.36. The SMILES string of the molecule is CC(C)(C)NCC1CCN(c2cnccn2)CC1. The molecule has 0 bridgehead atoms. The standard InChI is InChI=1S/C14H24N4/c1-14(2,3)17-10-12-4-8-18(9-5-12)13-11-15-6-7-16-13/h6-7,11-12,17H,4-5,8-10H2,1-3H3. The smallest absolute Gasteiger partial charge is 0.147 e. The van der Waals surface area contributed by atoms with Crippen LogP contribution in [-0.2, 0) is 0 Å². The van der Waals surface area contributed by atoms with Gasteiger partial charge < -0.3 is 10.2 Å². The lowest BCUT2D eigenvalue weighted by Gasteiger charge is -2.34. The third-order valence-corrected chi connectivity index (χ3v) is 3.41. The van der Waals surface area contributed by atoms with Crippen molar-refractivity contribution in [2.45, 2.75) is 39.2 Å². The topological polar surface area (TPSA) is 41.0 Å². The molecule has 0 spiro atoms. The van der Waals surface area contributed by atoms with E-state index in [-0.39, 0.29) is 5.54 Å². The van der Waals surface area contributed by atoms with Crippen LogP contribution in [0.5, 0.6) is 0 Å². The minimum atomic E-state index is 0.224. The van der Waals surface area contributed by atoms with E-state index in [0.717, 1.165) is 31.4 Å². The van der Waals surface area contributed by atoms with Crippen molar-refractivity contribution in [3.05, 3.63) is 18.6 Å². The molecule has 1 fully saturated rings. The van der Waals surface area contributed by atoms with Gasteiger partial charge in [-0.3, -0.25) is 4.98 Å². The summed E-state index contributed by atoms with van der Waals surface area (Å²) in [5.74, 6) is 1.80. The first-order valence-electron chi connectivity index (χ1n) is 6.80. The Labute approximate surface area is 110 Å². The Morgan fingerprint density at radius 1 is 1.28 bits per heavy atom. The molecule has 2 heterocycles. The number of anilines is 1. The fourth-order valence-corrected chi connectivity index (χ4v) is 2.27. The molecule has 1 saturated heterocycles. The molecule has 1 aliphatic rings. The van der Waals surface area contributed by atoms with E-state index >= 15 is 0 Å². The summed E-state index contributed by atoms with van der Waals surface area (Å²) >= 11 is 0. The third kappa shape index (κ3) is 3.95. The molecule has 4 heteroatoms. The maximum Gasteiger partial charge on any atom is 0.147 e. The lowest BCUT2D eigenvalue weighted by atomic mass is 9.95. The van der Waals surface area contributed by atoms with Gasteiger partial charge in [0.05, 0.1) is 6.20 Å². The van der Waals surface area contributed by atoms with Crippen LogP contribution in [0, 0.1) is 5.92 Å². The second-order valence-corrected chi connectivity index (χ2v) is 6.12. The molecule has 4 nitrogen and oxygen atoms in total. The highest BCUT2D eigenvalue weighted by Crippen LogP contribution is 2.20. The van der Waals surface area contributed by atoms with Gasteiger partial charge in [0.2, 0.25) is 0 Å². The number of nitrogens with zero attached hydrogens (tertiary/aromatic N) is 3. The quantitative estimate of drug-likeness (QED) is 0.889. The van der Waals surface area contributed by atoms with Gasteiger partial charge in [0.1, 0.15) is 5.82 Å². The number of hydrogen-bond donors (Lipinski definition) is 1. The fourth-order valence-electron chi connectivity index (χ4n) is 2.27. The zero-order valence-corrected chi connectivity index (χ0v) is 11.7. The van der Waals surface area contributed by atoms with Crippen LogP contribution in [0.25, 0.3) is 0 Å². The van der Waals surface area contributed by atoms with Crippen molar-refractivity contribution in [1.82, 2.24) is 15.3 Å². The van der Waals surface area contributed by atoms with Gasteiger partial charge in [0.15, 0.2) is 0 Å². The molecule has 1 aromatic heterocycles.